The molecule has 0 saturated heterocycles. The van der Waals surface area contributed by atoms with Crippen LogP contribution >= 0.6 is 0 Å². The molecule has 0 bridgehead atoms. The molecule has 28 heavy (non-hydrogen) atoms. The van der Waals surface area contributed by atoms with Crippen LogP contribution in [0.15, 0.2) is 48.5 Å². The first-order chi connectivity index (χ1) is 13.7. The van der Waals surface area contributed by atoms with Gasteiger partial charge in [-0.2, -0.15) is 0 Å². The molecule has 2 aromatic carbocycles. The predicted molar refractivity (Wildman–Crippen MR) is 115 cm³/mol. The molecular weight excluding hydrogens is 348 g/mol. The maximum absolute atomic E-state index is 12.3. The number of aryl methyl sites for hydroxylation is 3. The number of nitrogens with one attached hydrogen (secondary N) is 3. The van der Waals surface area contributed by atoms with E-state index in [1.54, 1.807) is 0 Å². The van der Waals surface area contributed by atoms with E-state index in [2.05, 4.69) is 41.1 Å². The van der Waals surface area contributed by atoms with Crippen molar-refractivity contribution in [2.45, 2.75) is 32.6 Å². The molecule has 0 spiro atoms. The highest BCUT2D eigenvalue weighted by molar-refractivity contribution is 6.02. The summed E-state index contributed by atoms with van der Waals surface area (Å²) in [4.78, 5) is 17.0. The van der Waals surface area contributed by atoms with E-state index >= 15 is 0 Å². The fourth-order valence-electron chi connectivity index (χ4n) is 3.70. The molecule has 0 atom stereocenters. The zero-order valence-electron chi connectivity index (χ0n) is 16.2. The summed E-state index contributed by atoms with van der Waals surface area (Å²) in [7, 11) is 0. The van der Waals surface area contributed by atoms with Gasteiger partial charge in [-0.05, 0) is 61.3 Å². The smallest absolute Gasteiger partial charge is 0.319 e. The Labute approximate surface area is 165 Å². The van der Waals surface area contributed by atoms with Gasteiger partial charge in [-0.1, -0.05) is 36.4 Å². The van der Waals surface area contributed by atoms with Crippen molar-refractivity contribution in [3.63, 3.8) is 0 Å². The van der Waals surface area contributed by atoms with Crippen LogP contribution in [0.1, 0.15) is 29.7 Å². The van der Waals surface area contributed by atoms with E-state index in [0.29, 0.717) is 6.54 Å². The van der Waals surface area contributed by atoms with Gasteiger partial charge < -0.3 is 16.0 Å². The number of rotatable bonds is 5. The Kier molecular flexibility index (Phi) is 5.42. The third-order valence-corrected chi connectivity index (χ3v) is 5.24. The van der Waals surface area contributed by atoms with E-state index in [4.69, 9.17) is 4.98 Å². The standard InChI is InChI=1S/C23H26N4O/c1-16-10-13-21(20-9-3-2-8-19(16)20)27-23(28)25-15-5-7-18-12-11-17-6-4-14-24-22(17)26-18/h2-3,8-13H,4-7,14-15H2,1H3,(H,24,26)(H2,25,27,28). The molecule has 3 N–H and O–H groups in total. The van der Waals surface area contributed by atoms with E-state index in [1.165, 1.54) is 17.5 Å². The van der Waals surface area contributed by atoms with E-state index in [9.17, 15) is 4.79 Å². The number of nitrogens with zero attached hydrogens (tertiary/aromatic N) is 1. The van der Waals surface area contributed by atoms with Gasteiger partial charge >= 0.3 is 6.03 Å². The van der Waals surface area contributed by atoms with Crippen molar-refractivity contribution in [2.75, 3.05) is 23.7 Å². The first-order valence-corrected chi connectivity index (χ1v) is 9.96. The first-order valence-electron chi connectivity index (χ1n) is 9.96. The van der Waals surface area contributed by atoms with Gasteiger partial charge in [0.1, 0.15) is 5.82 Å². The third-order valence-electron chi connectivity index (χ3n) is 5.24. The van der Waals surface area contributed by atoms with Crippen molar-refractivity contribution in [3.8, 4) is 0 Å². The molecule has 0 saturated carbocycles. The second kappa shape index (κ2) is 8.30. The molecule has 4 rings (SSSR count). The third kappa shape index (κ3) is 4.09. The molecule has 0 unspecified atom stereocenters. The fourth-order valence-corrected chi connectivity index (χ4v) is 3.70. The Balaban J connectivity index is 1.29. The van der Waals surface area contributed by atoms with Crippen LogP contribution in [0.2, 0.25) is 0 Å². The molecular formula is C23H26N4O. The van der Waals surface area contributed by atoms with Crippen LogP contribution in [-0.4, -0.2) is 24.1 Å². The normalized spacial score (nSPS) is 12.9. The summed E-state index contributed by atoms with van der Waals surface area (Å²) in [6, 6.07) is 16.2. The van der Waals surface area contributed by atoms with Gasteiger partial charge in [0.05, 0.1) is 5.69 Å². The van der Waals surface area contributed by atoms with Gasteiger partial charge in [-0.25, -0.2) is 9.78 Å². The monoisotopic (exact) mass is 374 g/mol. The highest BCUT2D eigenvalue weighted by atomic mass is 16.2. The SMILES string of the molecule is Cc1ccc(NC(=O)NCCCc2ccc3c(n2)NCCC3)c2ccccc12. The molecule has 5 heteroatoms. The number of hydrogen-bond donors (Lipinski definition) is 3. The lowest BCUT2D eigenvalue weighted by molar-refractivity contribution is 0.252. The Bertz CT molecular complexity index is 999. The van der Waals surface area contributed by atoms with Crippen LogP contribution in [0.25, 0.3) is 10.8 Å². The molecule has 0 radical (unpaired) electrons. The second-order valence-electron chi connectivity index (χ2n) is 7.30. The molecule has 0 aliphatic carbocycles. The van der Waals surface area contributed by atoms with Crippen LogP contribution in [0.5, 0.6) is 0 Å². The molecule has 5 nitrogen and oxygen atoms in total. The minimum atomic E-state index is -0.172. The van der Waals surface area contributed by atoms with Gasteiger partial charge in [0.15, 0.2) is 0 Å². The summed E-state index contributed by atoms with van der Waals surface area (Å²) in [6.45, 7) is 3.69. The number of urea groups is 1. The van der Waals surface area contributed by atoms with Gasteiger partial charge in [0.2, 0.25) is 0 Å². The lowest BCUT2D eigenvalue weighted by Gasteiger charge is -2.17. The zero-order chi connectivity index (χ0) is 19.3. The highest BCUT2D eigenvalue weighted by Crippen LogP contribution is 2.26. The fraction of sp³-hybridized carbons (Fsp3) is 0.304. The molecule has 2 heterocycles. The van der Waals surface area contributed by atoms with Crippen molar-refractivity contribution in [3.05, 3.63) is 65.4 Å². The Morgan fingerprint density at radius 2 is 1.96 bits per heavy atom. The molecule has 1 aromatic heterocycles. The number of carbonyl (C=O) groups excluding carboxylic acids is 1. The van der Waals surface area contributed by atoms with Crippen LogP contribution in [0.4, 0.5) is 16.3 Å². The number of fused-ring (bicyclic) bond motifs is 2. The molecule has 1 aliphatic heterocycles. The van der Waals surface area contributed by atoms with Gasteiger partial charge in [0, 0.05) is 24.2 Å². The topological polar surface area (TPSA) is 66.0 Å². The molecule has 144 valence electrons. The van der Waals surface area contributed by atoms with Crippen LogP contribution in [-0.2, 0) is 12.8 Å². The van der Waals surface area contributed by atoms with Gasteiger partial charge in [-0.15, -0.1) is 0 Å². The summed E-state index contributed by atoms with van der Waals surface area (Å²) in [5, 5.41) is 11.5. The van der Waals surface area contributed by atoms with E-state index < -0.39 is 0 Å². The number of anilines is 2. The van der Waals surface area contributed by atoms with E-state index in [-0.39, 0.29) is 6.03 Å². The largest absolute Gasteiger partial charge is 0.370 e. The quantitative estimate of drug-likeness (QED) is 0.569. The summed E-state index contributed by atoms with van der Waals surface area (Å²) >= 11 is 0. The Hall–Kier alpha value is -3.08. The minimum Gasteiger partial charge on any atom is -0.370 e. The average Bonchev–Trinajstić information content (AvgIpc) is 2.73. The van der Waals surface area contributed by atoms with Gasteiger partial charge in [0.25, 0.3) is 0 Å². The minimum absolute atomic E-state index is 0.172. The summed E-state index contributed by atoms with van der Waals surface area (Å²) in [5.74, 6) is 1.03. The number of hydrogen-bond acceptors (Lipinski definition) is 3. The lowest BCUT2D eigenvalue weighted by Crippen LogP contribution is -2.29. The van der Waals surface area contributed by atoms with Crippen molar-refractivity contribution in [1.82, 2.24) is 10.3 Å². The van der Waals surface area contributed by atoms with E-state index in [0.717, 1.165) is 53.8 Å². The molecule has 3 aromatic rings. The zero-order valence-corrected chi connectivity index (χ0v) is 16.2. The summed E-state index contributed by atoms with van der Waals surface area (Å²) in [5.41, 5.74) is 4.41. The van der Waals surface area contributed by atoms with E-state index in [1.807, 2.05) is 30.3 Å². The highest BCUT2D eigenvalue weighted by Gasteiger charge is 2.10. The number of benzene rings is 2. The van der Waals surface area contributed by atoms with Crippen molar-refractivity contribution in [1.29, 1.82) is 0 Å². The predicted octanol–water partition coefficient (Wildman–Crippen LogP) is 4.66. The Morgan fingerprint density at radius 3 is 2.86 bits per heavy atom. The maximum Gasteiger partial charge on any atom is 0.319 e. The lowest BCUT2D eigenvalue weighted by atomic mass is 10.0. The van der Waals surface area contributed by atoms with Crippen LogP contribution < -0.4 is 16.0 Å². The molecule has 1 aliphatic rings. The number of carbonyl (C=O) groups is 1. The average molecular weight is 374 g/mol. The maximum atomic E-state index is 12.3. The van der Waals surface area contributed by atoms with Crippen molar-refractivity contribution in [2.24, 2.45) is 0 Å². The summed E-state index contributed by atoms with van der Waals surface area (Å²) in [6.07, 6.45) is 3.98. The number of amides is 2. The van der Waals surface area contributed by atoms with Gasteiger partial charge in [-0.3, -0.25) is 0 Å². The van der Waals surface area contributed by atoms with Crippen LogP contribution in [0.3, 0.4) is 0 Å². The first kappa shape index (κ1) is 18.3. The molecule has 2 amide bonds. The Morgan fingerprint density at radius 1 is 1.11 bits per heavy atom. The summed E-state index contributed by atoms with van der Waals surface area (Å²) < 4.78 is 0. The number of pyridine rings is 1. The number of aromatic nitrogens is 1. The van der Waals surface area contributed by atoms with Crippen LogP contribution in [0, 0.1) is 6.92 Å². The second-order valence-corrected chi connectivity index (χ2v) is 7.30. The molecule has 0 fully saturated rings. The van der Waals surface area contributed by atoms with Crippen molar-refractivity contribution < 1.29 is 4.79 Å². The van der Waals surface area contributed by atoms with Crippen molar-refractivity contribution >= 4 is 28.3 Å².